The molecule has 0 unspecified atom stereocenters. The van der Waals surface area contributed by atoms with E-state index in [1.54, 1.807) is 24.0 Å². The van der Waals surface area contributed by atoms with Gasteiger partial charge in [-0.1, -0.05) is 47.1 Å². The van der Waals surface area contributed by atoms with E-state index in [2.05, 4.69) is 21.2 Å². The van der Waals surface area contributed by atoms with E-state index in [9.17, 15) is 19.7 Å². The second-order valence-electron chi connectivity index (χ2n) is 7.56. The summed E-state index contributed by atoms with van der Waals surface area (Å²) in [6.45, 7) is 6.00. The van der Waals surface area contributed by atoms with Crippen LogP contribution in [0.15, 0.2) is 53.0 Å². The summed E-state index contributed by atoms with van der Waals surface area (Å²) in [4.78, 5) is 37.8. The molecule has 2 amide bonds. The zero-order chi connectivity index (χ0) is 23.7. The van der Waals surface area contributed by atoms with Crippen molar-refractivity contribution in [1.29, 1.82) is 0 Å². The molecule has 0 aromatic heterocycles. The van der Waals surface area contributed by atoms with Gasteiger partial charge in [0.2, 0.25) is 11.8 Å². The average molecular weight is 522 g/mol. The fraction of sp³-hybridized carbons (Fsp3) is 0.391. The Morgan fingerprint density at radius 1 is 1.16 bits per heavy atom. The van der Waals surface area contributed by atoms with Crippen LogP contribution in [0.1, 0.15) is 38.3 Å². The molecule has 0 bridgehead atoms. The van der Waals surface area contributed by atoms with Gasteiger partial charge in [-0.3, -0.25) is 19.7 Å². The molecule has 7 nitrogen and oxygen atoms in total. The molecule has 0 spiro atoms. The Morgan fingerprint density at radius 3 is 2.44 bits per heavy atom. The minimum atomic E-state index is -0.615. The van der Waals surface area contributed by atoms with E-state index in [-0.39, 0.29) is 29.3 Å². The van der Waals surface area contributed by atoms with Gasteiger partial charge >= 0.3 is 0 Å². The number of hydrogen-bond acceptors (Lipinski definition) is 5. The number of carbonyl (C=O) groups is 2. The summed E-state index contributed by atoms with van der Waals surface area (Å²) in [5, 5.41) is 13.7. The first-order valence-corrected chi connectivity index (χ1v) is 12.3. The molecular weight excluding hydrogens is 494 g/mol. The number of non-ortho nitro benzene ring substituents is 1. The summed E-state index contributed by atoms with van der Waals surface area (Å²) in [6.07, 6.45) is 0.809. The lowest BCUT2D eigenvalue weighted by Crippen LogP contribution is -2.50. The molecule has 9 heteroatoms. The summed E-state index contributed by atoms with van der Waals surface area (Å²) in [7, 11) is 0. The van der Waals surface area contributed by atoms with Crippen LogP contribution in [-0.2, 0) is 21.9 Å². The van der Waals surface area contributed by atoms with Crippen LogP contribution in [0.5, 0.6) is 0 Å². The van der Waals surface area contributed by atoms with Gasteiger partial charge in [-0.05, 0) is 43.5 Å². The molecule has 32 heavy (non-hydrogen) atoms. The van der Waals surface area contributed by atoms with Crippen molar-refractivity contribution >= 4 is 45.2 Å². The number of benzene rings is 2. The predicted octanol–water partition coefficient (Wildman–Crippen LogP) is 4.92. The summed E-state index contributed by atoms with van der Waals surface area (Å²) >= 11 is 4.87. The standard InChI is InChI=1S/C23H28BrN3O4S/c1-4-16(2)25-23(29)17(3)26(13-19-6-5-7-20(24)12-19)22(28)15-32-14-18-8-10-21(11-9-18)27(30)31/h5-12,16-17H,4,13-15H2,1-3H3,(H,25,29)/t16-,17-/m1/s1. The first-order valence-electron chi connectivity index (χ1n) is 10.4. The molecule has 2 aromatic rings. The quantitative estimate of drug-likeness (QED) is 0.334. The molecule has 172 valence electrons. The van der Waals surface area contributed by atoms with Crippen molar-refractivity contribution in [1.82, 2.24) is 10.2 Å². The number of nitro groups is 1. The Hall–Kier alpha value is -2.39. The number of nitrogens with zero attached hydrogens (tertiary/aromatic N) is 2. The fourth-order valence-electron chi connectivity index (χ4n) is 2.93. The zero-order valence-electron chi connectivity index (χ0n) is 18.4. The SMILES string of the molecule is CC[C@@H](C)NC(=O)[C@@H](C)N(Cc1cccc(Br)c1)C(=O)CSCc1ccc([N+](=O)[O-])cc1. The maximum Gasteiger partial charge on any atom is 0.269 e. The largest absolute Gasteiger partial charge is 0.352 e. The lowest BCUT2D eigenvalue weighted by atomic mass is 10.1. The maximum atomic E-state index is 13.1. The third kappa shape index (κ3) is 7.94. The van der Waals surface area contributed by atoms with Crippen molar-refractivity contribution in [2.75, 3.05) is 5.75 Å². The Labute approximate surface area is 201 Å². The van der Waals surface area contributed by atoms with Crippen LogP contribution in [-0.4, -0.2) is 39.5 Å². The van der Waals surface area contributed by atoms with Crippen molar-refractivity contribution in [3.8, 4) is 0 Å². The van der Waals surface area contributed by atoms with Crippen molar-refractivity contribution in [3.63, 3.8) is 0 Å². The lowest BCUT2D eigenvalue weighted by molar-refractivity contribution is -0.384. The Bertz CT molecular complexity index is 939. The lowest BCUT2D eigenvalue weighted by Gasteiger charge is -2.29. The van der Waals surface area contributed by atoms with E-state index in [4.69, 9.17) is 0 Å². The van der Waals surface area contributed by atoms with Gasteiger partial charge in [-0.2, -0.15) is 0 Å². The van der Waals surface area contributed by atoms with Crippen molar-refractivity contribution in [2.24, 2.45) is 0 Å². The molecule has 2 rings (SSSR count). The molecule has 0 saturated heterocycles. The number of halogens is 1. The minimum Gasteiger partial charge on any atom is -0.352 e. The van der Waals surface area contributed by atoms with Crippen LogP contribution in [0.3, 0.4) is 0 Å². The highest BCUT2D eigenvalue weighted by Crippen LogP contribution is 2.19. The molecule has 2 atom stereocenters. The van der Waals surface area contributed by atoms with Crippen LogP contribution in [0.4, 0.5) is 5.69 Å². The third-order valence-corrected chi connectivity index (χ3v) is 6.53. The normalized spacial score (nSPS) is 12.6. The highest BCUT2D eigenvalue weighted by molar-refractivity contribution is 9.10. The van der Waals surface area contributed by atoms with Crippen molar-refractivity contribution in [3.05, 3.63) is 74.2 Å². The number of amides is 2. The Balaban J connectivity index is 2.06. The van der Waals surface area contributed by atoms with Gasteiger partial charge in [-0.15, -0.1) is 11.8 Å². The summed E-state index contributed by atoms with van der Waals surface area (Å²) < 4.78 is 0.909. The summed E-state index contributed by atoms with van der Waals surface area (Å²) in [5.41, 5.74) is 1.86. The molecule has 0 aliphatic rings. The molecule has 1 N–H and O–H groups in total. The molecule has 2 aromatic carbocycles. The predicted molar refractivity (Wildman–Crippen MR) is 131 cm³/mol. The highest BCUT2D eigenvalue weighted by Gasteiger charge is 2.26. The van der Waals surface area contributed by atoms with Crippen LogP contribution in [0.25, 0.3) is 0 Å². The third-order valence-electron chi connectivity index (χ3n) is 5.05. The van der Waals surface area contributed by atoms with Crippen LogP contribution in [0.2, 0.25) is 0 Å². The van der Waals surface area contributed by atoms with E-state index in [0.29, 0.717) is 12.3 Å². The van der Waals surface area contributed by atoms with Gasteiger partial charge in [-0.25, -0.2) is 0 Å². The number of carbonyl (C=O) groups excluding carboxylic acids is 2. The van der Waals surface area contributed by atoms with E-state index in [1.807, 2.05) is 38.1 Å². The van der Waals surface area contributed by atoms with E-state index in [1.165, 1.54) is 23.9 Å². The number of rotatable bonds is 11. The Morgan fingerprint density at radius 2 is 1.84 bits per heavy atom. The van der Waals surface area contributed by atoms with E-state index >= 15 is 0 Å². The van der Waals surface area contributed by atoms with Gasteiger partial charge < -0.3 is 10.2 Å². The molecule has 0 fully saturated rings. The van der Waals surface area contributed by atoms with Gasteiger partial charge in [0.25, 0.3) is 5.69 Å². The second kappa shape index (κ2) is 12.6. The van der Waals surface area contributed by atoms with Crippen LogP contribution >= 0.6 is 27.7 Å². The van der Waals surface area contributed by atoms with Crippen molar-refractivity contribution in [2.45, 2.75) is 51.6 Å². The Kier molecular flexibility index (Phi) is 10.2. The summed E-state index contributed by atoms with van der Waals surface area (Å²) in [6, 6.07) is 13.4. The molecule has 0 heterocycles. The molecule has 0 aliphatic heterocycles. The van der Waals surface area contributed by atoms with E-state index < -0.39 is 11.0 Å². The molecule has 0 radical (unpaired) electrons. The highest BCUT2D eigenvalue weighted by atomic mass is 79.9. The van der Waals surface area contributed by atoms with Crippen LogP contribution in [0, 0.1) is 10.1 Å². The van der Waals surface area contributed by atoms with Gasteiger partial charge in [0, 0.05) is 34.9 Å². The van der Waals surface area contributed by atoms with Gasteiger partial charge in [0.1, 0.15) is 6.04 Å². The first kappa shape index (κ1) is 25.9. The number of nitrogens with one attached hydrogen (secondary N) is 1. The average Bonchev–Trinajstić information content (AvgIpc) is 2.77. The number of thioether (sulfide) groups is 1. The fourth-order valence-corrected chi connectivity index (χ4v) is 4.25. The monoisotopic (exact) mass is 521 g/mol. The number of nitro benzene ring substituents is 1. The zero-order valence-corrected chi connectivity index (χ0v) is 20.8. The van der Waals surface area contributed by atoms with Crippen molar-refractivity contribution < 1.29 is 14.5 Å². The second-order valence-corrected chi connectivity index (χ2v) is 9.46. The minimum absolute atomic E-state index is 0.0317. The maximum absolute atomic E-state index is 13.1. The first-order chi connectivity index (χ1) is 15.2. The smallest absolute Gasteiger partial charge is 0.269 e. The molecule has 0 saturated carbocycles. The topological polar surface area (TPSA) is 92.6 Å². The van der Waals surface area contributed by atoms with Gasteiger partial charge in [0.05, 0.1) is 10.7 Å². The molecule has 0 aliphatic carbocycles. The number of hydrogen-bond donors (Lipinski definition) is 1. The van der Waals surface area contributed by atoms with Crippen LogP contribution < -0.4 is 5.32 Å². The van der Waals surface area contributed by atoms with Gasteiger partial charge in [0.15, 0.2) is 0 Å². The summed E-state index contributed by atoms with van der Waals surface area (Å²) in [5.74, 6) is 0.431. The molecular formula is C23H28BrN3O4S. The van der Waals surface area contributed by atoms with E-state index in [0.717, 1.165) is 22.0 Å².